The lowest BCUT2D eigenvalue weighted by Crippen LogP contribution is -2.61. The molecular weight excluding hydrogens is 250 g/mol. The van der Waals surface area contributed by atoms with Crippen LogP contribution in [-0.2, 0) is 11.3 Å². The van der Waals surface area contributed by atoms with Gasteiger partial charge in [-0.15, -0.1) is 0 Å². The number of nitriles is 1. The van der Waals surface area contributed by atoms with Crippen molar-refractivity contribution in [2.45, 2.75) is 32.9 Å². The Morgan fingerprint density at radius 1 is 1.35 bits per heavy atom. The summed E-state index contributed by atoms with van der Waals surface area (Å²) in [4.78, 5) is 16.3. The summed E-state index contributed by atoms with van der Waals surface area (Å²) in [5.74, 6) is 0.162. The fraction of sp³-hybridized carbons (Fsp3) is 0.500. The molecule has 20 heavy (non-hydrogen) atoms. The molecule has 0 N–H and O–H groups in total. The number of carbonyl (C=O) groups excluding carboxylic acids is 1. The Hall–Kier alpha value is -1.86. The Kier molecular flexibility index (Phi) is 3.82. The van der Waals surface area contributed by atoms with Gasteiger partial charge in [0.05, 0.1) is 17.2 Å². The molecule has 4 heteroatoms. The van der Waals surface area contributed by atoms with E-state index in [1.54, 1.807) is 4.90 Å². The van der Waals surface area contributed by atoms with Crippen molar-refractivity contribution in [3.63, 3.8) is 0 Å². The number of carbonyl (C=O) groups is 1. The molecule has 0 aliphatic carbocycles. The second kappa shape index (κ2) is 5.26. The summed E-state index contributed by atoms with van der Waals surface area (Å²) in [6.45, 7) is 8.34. The molecule has 0 atom stereocenters. The fourth-order valence-electron chi connectivity index (χ4n) is 2.68. The number of nitrogens with zero attached hydrogens (tertiary/aromatic N) is 3. The van der Waals surface area contributed by atoms with E-state index in [4.69, 9.17) is 5.26 Å². The number of amides is 1. The van der Waals surface area contributed by atoms with E-state index in [1.807, 2.05) is 46.0 Å². The molecule has 106 valence electrons. The van der Waals surface area contributed by atoms with Crippen molar-refractivity contribution in [1.82, 2.24) is 9.80 Å². The van der Waals surface area contributed by atoms with Crippen LogP contribution in [0.5, 0.6) is 0 Å². The number of likely N-dealkylation sites (N-methyl/N-ethyl adjacent to an activating group) is 1. The minimum Gasteiger partial charge on any atom is -0.343 e. The summed E-state index contributed by atoms with van der Waals surface area (Å²) in [5.41, 5.74) is 2.48. The highest BCUT2D eigenvalue weighted by Gasteiger charge is 2.40. The van der Waals surface area contributed by atoms with Gasteiger partial charge in [0.15, 0.2) is 0 Å². The van der Waals surface area contributed by atoms with Crippen LogP contribution in [0.3, 0.4) is 0 Å². The van der Waals surface area contributed by atoms with Crippen molar-refractivity contribution in [3.8, 4) is 6.07 Å². The summed E-state index contributed by atoms with van der Waals surface area (Å²) in [5, 5.41) is 8.91. The summed E-state index contributed by atoms with van der Waals surface area (Å²) in [6, 6.07) is 7.89. The molecule has 1 saturated heterocycles. The molecule has 1 heterocycles. The van der Waals surface area contributed by atoms with E-state index in [1.165, 1.54) is 5.56 Å². The Balaban J connectivity index is 2.22. The standard InChI is InChI=1S/C16H21N3O/c1-12-9-13(10-17)5-6-14(12)11-19-8-7-18(4)15(20)16(19,2)3/h5-6,9H,7-8,11H2,1-4H3. The monoisotopic (exact) mass is 271 g/mol. The molecule has 0 aromatic heterocycles. The van der Waals surface area contributed by atoms with Gasteiger partial charge in [-0.25, -0.2) is 0 Å². The van der Waals surface area contributed by atoms with E-state index in [2.05, 4.69) is 11.0 Å². The zero-order valence-electron chi connectivity index (χ0n) is 12.6. The van der Waals surface area contributed by atoms with Crippen molar-refractivity contribution in [1.29, 1.82) is 5.26 Å². The van der Waals surface area contributed by atoms with Gasteiger partial charge in [-0.05, 0) is 44.0 Å². The minimum atomic E-state index is -0.479. The predicted molar refractivity (Wildman–Crippen MR) is 78.0 cm³/mol. The molecule has 0 unspecified atom stereocenters. The van der Waals surface area contributed by atoms with Gasteiger partial charge in [0.2, 0.25) is 5.91 Å². The van der Waals surface area contributed by atoms with Gasteiger partial charge in [0, 0.05) is 26.7 Å². The van der Waals surface area contributed by atoms with E-state index in [0.29, 0.717) is 5.56 Å². The molecule has 4 nitrogen and oxygen atoms in total. The van der Waals surface area contributed by atoms with Crippen LogP contribution in [0.1, 0.15) is 30.5 Å². The third-order valence-corrected chi connectivity index (χ3v) is 4.20. The lowest BCUT2D eigenvalue weighted by atomic mass is 9.96. The first-order chi connectivity index (χ1) is 9.36. The highest BCUT2D eigenvalue weighted by Crippen LogP contribution is 2.25. The van der Waals surface area contributed by atoms with Gasteiger partial charge in [-0.1, -0.05) is 6.07 Å². The Morgan fingerprint density at radius 3 is 2.65 bits per heavy atom. The van der Waals surface area contributed by atoms with Crippen LogP contribution < -0.4 is 0 Å². The van der Waals surface area contributed by atoms with Gasteiger partial charge >= 0.3 is 0 Å². The largest absolute Gasteiger partial charge is 0.343 e. The van der Waals surface area contributed by atoms with Crippen molar-refractivity contribution in [2.75, 3.05) is 20.1 Å². The van der Waals surface area contributed by atoms with E-state index in [9.17, 15) is 4.79 Å². The topological polar surface area (TPSA) is 47.3 Å². The minimum absolute atomic E-state index is 0.162. The van der Waals surface area contributed by atoms with Crippen LogP contribution >= 0.6 is 0 Å². The summed E-state index contributed by atoms with van der Waals surface area (Å²) < 4.78 is 0. The van der Waals surface area contributed by atoms with Gasteiger partial charge < -0.3 is 4.90 Å². The molecule has 1 aromatic rings. The van der Waals surface area contributed by atoms with Crippen molar-refractivity contribution in [2.24, 2.45) is 0 Å². The van der Waals surface area contributed by atoms with Crippen molar-refractivity contribution < 1.29 is 4.79 Å². The summed E-state index contributed by atoms with van der Waals surface area (Å²) in [6.07, 6.45) is 0. The maximum atomic E-state index is 12.3. The first kappa shape index (κ1) is 14.5. The average Bonchev–Trinajstić information content (AvgIpc) is 2.41. The number of piperazine rings is 1. The van der Waals surface area contributed by atoms with Gasteiger partial charge in [-0.2, -0.15) is 5.26 Å². The Morgan fingerprint density at radius 2 is 2.05 bits per heavy atom. The maximum Gasteiger partial charge on any atom is 0.242 e. The molecule has 1 aromatic carbocycles. The van der Waals surface area contributed by atoms with E-state index >= 15 is 0 Å². The highest BCUT2D eigenvalue weighted by atomic mass is 16.2. The molecule has 0 saturated carbocycles. The predicted octanol–water partition coefficient (Wildman–Crippen LogP) is 1.92. The molecule has 1 fully saturated rings. The van der Waals surface area contributed by atoms with E-state index in [0.717, 1.165) is 25.2 Å². The second-order valence-electron chi connectivity index (χ2n) is 5.96. The van der Waals surface area contributed by atoms with Gasteiger partial charge in [0.1, 0.15) is 0 Å². The molecule has 0 spiro atoms. The first-order valence-corrected chi connectivity index (χ1v) is 6.86. The second-order valence-corrected chi connectivity index (χ2v) is 5.96. The summed E-state index contributed by atoms with van der Waals surface area (Å²) >= 11 is 0. The molecule has 2 rings (SSSR count). The van der Waals surface area contributed by atoms with Crippen LogP contribution in [0.4, 0.5) is 0 Å². The zero-order chi connectivity index (χ0) is 14.9. The Labute approximate surface area is 120 Å². The number of rotatable bonds is 2. The molecule has 0 radical (unpaired) electrons. The fourth-order valence-corrected chi connectivity index (χ4v) is 2.68. The van der Waals surface area contributed by atoms with Gasteiger partial charge in [-0.3, -0.25) is 9.69 Å². The maximum absolute atomic E-state index is 12.3. The third kappa shape index (κ3) is 2.54. The molecule has 1 aliphatic heterocycles. The summed E-state index contributed by atoms with van der Waals surface area (Å²) in [7, 11) is 1.86. The normalized spacial score (nSPS) is 18.9. The smallest absolute Gasteiger partial charge is 0.242 e. The molecule has 0 bridgehead atoms. The van der Waals surface area contributed by atoms with Crippen LogP contribution in [0.15, 0.2) is 18.2 Å². The molecule has 1 aliphatic rings. The lowest BCUT2D eigenvalue weighted by molar-refractivity contribution is -0.147. The van der Waals surface area contributed by atoms with E-state index in [-0.39, 0.29) is 5.91 Å². The lowest BCUT2D eigenvalue weighted by Gasteiger charge is -2.45. The number of aryl methyl sites for hydroxylation is 1. The quantitative estimate of drug-likeness (QED) is 0.825. The third-order valence-electron chi connectivity index (χ3n) is 4.20. The molecular formula is C16H21N3O. The number of hydrogen-bond donors (Lipinski definition) is 0. The van der Waals surface area contributed by atoms with Crippen LogP contribution in [0.25, 0.3) is 0 Å². The first-order valence-electron chi connectivity index (χ1n) is 6.86. The Bertz CT molecular complexity index is 572. The van der Waals surface area contributed by atoms with Crippen molar-refractivity contribution in [3.05, 3.63) is 34.9 Å². The van der Waals surface area contributed by atoms with Crippen molar-refractivity contribution >= 4 is 5.91 Å². The average molecular weight is 271 g/mol. The van der Waals surface area contributed by atoms with Crippen LogP contribution in [0, 0.1) is 18.3 Å². The zero-order valence-corrected chi connectivity index (χ0v) is 12.6. The van der Waals surface area contributed by atoms with Crippen LogP contribution in [-0.4, -0.2) is 41.4 Å². The van der Waals surface area contributed by atoms with Crippen LogP contribution in [0.2, 0.25) is 0 Å². The number of benzene rings is 1. The SMILES string of the molecule is Cc1cc(C#N)ccc1CN1CCN(C)C(=O)C1(C)C. The highest BCUT2D eigenvalue weighted by molar-refractivity contribution is 5.86. The van der Waals surface area contributed by atoms with Gasteiger partial charge in [0.25, 0.3) is 0 Å². The number of hydrogen-bond acceptors (Lipinski definition) is 3. The molecule has 1 amide bonds. The van der Waals surface area contributed by atoms with E-state index < -0.39 is 5.54 Å².